The Kier molecular flexibility index (Phi) is 8.66. The summed E-state index contributed by atoms with van der Waals surface area (Å²) >= 11 is 0. The maximum Gasteiger partial charge on any atom is 0.253 e. The molecule has 1 aliphatic carbocycles. The largest absolute Gasteiger partial charge is 0.351 e. The fraction of sp³-hybridized carbons (Fsp3) is 0.529. The molecule has 0 bridgehead atoms. The summed E-state index contributed by atoms with van der Waals surface area (Å²) in [6.07, 6.45) is 6.52. The molecule has 1 saturated carbocycles. The topological polar surface area (TPSA) is 84.2 Å². The predicted octanol–water partition coefficient (Wildman–Crippen LogP) is 2.71. The summed E-state index contributed by atoms with van der Waals surface area (Å²) < 4.78 is 0. The van der Waals surface area contributed by atoms with Crippen LogP contribution in [0.3, 0.4) is 0 Å². The number of nitrogens with two attached hydrogens (primary N) is 1. The lowest BCUT2D eigenvalue weighted by Gasteiger charge is -2.21. The zero-order chi connectivity index (χ0) is 15.8. The minimum Gasteiger partial charge on any atom is -0.351 e. The van der Waals surface area contributed by atoms with E-state index >= 15 is 0 Å². The minimum atomic E-state index is -0.209. The maximum atomic E-state index is 12.2. The lowest BCUT2D eigenvalue weighted by atomic mass is 9.87. The molecular formula is C17H26ClN3O2. The van der Waals surface area contributed by atoms with E-state index in [4.69, 9.17) is 5.73 Å². The lowest BCUT2D eigenvalue weighted by Crippen LogP contribution is -2.30. The van der Waals surface area contributed by atoms with Crippen molar-refractivity contribution in [1.29, 1.82) is 0 Å². The van der Waals surface area contributed by atoms with E-state index in [1.54, 1.807) is 18.2 Å². The average Bonchev–Trinajstić information content (AvgIpc) is 2.54. The Morgan fingerprint density at radius 1 is 1.13 bits per heavy atom. The van der Waals surface area contributed by atoms with E-state index in [0.29, 0.717) is 36.7 Å². The van der Waals surface area contributed by atoms with E-state index in [-0.39, 0.29) is 24.2 Å². The number of hydrogen-bond acceptors (Lipinski definition) is 3. The van der Waals surface area contributed by atoms with Gasteiger partial charge in [0, 0.05) is 19.5 Å². The predicted molar refractivity (Wildman–Crippen MR) is 94.9 cm³/mol. The molecule has 1 aromatic rings. The molecule has 0 radical (unpaired) electrons. The Hall–Kier alpha value is -1.59. The van der Waals surface area contributed by atoms with E-state index < -0.39 is 0 Å². The Labute approximate surface area is 143 Å². The Balaban J connectivity index is 0.00000264. The molecule has 1 fully saturated rings. The molecule has 0 saturated heterocycles. The van der Waals surface area contributed by atoms with E-state index in [1.165, 1.54) is 19.3 Å². The van der Waals surface area contributed by atoms with Crippen LogP contribution in [0.15, 0.2) is 24.3 Å². The quantitative estimate of drug-likeness (QED) is 0.745. The van der Waals surface area contributed by atoms with Gasteiger partial charge in [0.1, 0.15) is 0 Å². The fourth-order valence-corrected chi connectivity index (χ4v) is 2.93. The minimum absolute atomic E-state index is 0. The molecule has 1 aliphatic rings. The van der Waals surface area contributed by atoms with E-state index in [9.17, 15) is 9.59 Å². The molecule has 1 aromatic carbocycles. The van der Waals surface area contributed by atoms with Crippen molar-refractivity contribution in [1.82, 2.24) is 5.32 Å². The summed E-state index contributed by atoms with van der Waals surface area (Å²) in [7, 11) is 0. The van der Waals surface area contributed by atoms with Gasteiger partial charge >= 0.3 is 0 Å². The van der Waals surface area contributed by atoms with Crippen LogP contribution in [0.4, 0.5) is 5.69 Å². The van der Waals surface area contributed by atoms with Gasteiger partial charge in [-0.2, -0.15) is 0 Å². The van der Waals surface area contributed by atoms with Crippen molar-refractivity contribution in [3.63, 3.8) is 0 Å². The fourth-order valence-electron chi connectivity index (χ4n) is 2.93. The molecule has 6 heteroatoms. The van der Waals surface area contributed by atoms with Crippen molar-refractivity contribution >= 4 is 29.9 Å². The molecule has 0 heterocycles. The SMILES string of the molecule is Cl.NCCNC(=O)c1ccccc1NC(=O)CC1CCCCC1. The molecule has 128 valence electrons. The third-order valence-electron chi connectivity index (χ3n) is 4.07. The number of benzene rings is 1. The van der Waals surface area contributed by atoms with Gasteiger partial charge in [-0.1, -0.05) is 31.4 Å². The third-order valence-corrected chi connectivity index (χ3v) is 4.07. The standard InChI is InChI=1S/C17H25N3O2.ClH/c18-10-11-19-17(22)14-8-4-5-9-15(14)20-16(21)12-13-6-2-1-3-7-13;/h4-5,8-9,13H,1-3,6-7,10-12,18H2,(H,19,22)(H,20,21);1H. The highest BCUT2D eigenvalue weighted by Crippen LogP contribution is 2.27. The second-order valence-corrected chi connectivity index (χ2v) is 5.85. The van der Waals surface area contributed by atoms with Gasteiger partial charge in [-0.3, -0.25) is 9.59 Å². The summed E-state index contributed by atoms with van der Waals surface area (Å²) in [5.74, 6) is 0.261. The number of hydrogen-bond donors (Lipinski definition) is 3. The molecule has 4 N–H and O–H groups in total. The molecule has 0 aromatic heterocycles. The highest BCUT2D eigenvalue weighted by molar-refractivity contribution is 6.03. The molecule has 2 rings (SSSR count). The first-order chi connectivity index (χ1) is 10.7. The number of carbonyl (C=O) groups excluding carboxylic acids is 2. The summed E-state index contributed by atoms with van der Waals surface area (Å²) in [6, 6.07) is 7.07. The Bertz CT molecular complexity index is 516. The summed E-state index contributed by atoms with van der Waals surface area (Å²) in [6.45, 7) is 0.811. The Morgan fingerprint density at radius 3 is 2.52 bits per heavy atom. The highest BCUT2D eigenvalue weighted by Gasteiger charge is 2.18. The third kappa shape index (κ3) is 6.20. The molecule has 23 heavy (non-hydrogen) atoms. The van der Waals surface area contributed by atoms with Crippen LogP contribution in [-0.2, 0) is 4.79 Å². The maximum absolute atomic E-state index is 12.2. The van der Waals surface area contributed by atoms with Crippen LogP contribution in [-0.4, -0.2) is 24.9 Å². The lowest BCUT2D eigenvalue weighted by molar-refractivity contribution is -0.117. The zero-order valence-corrected chi connectivity index (χ0v) is 14.2. The average molecular weight is 340 g/mol. The van der Waals surface area contributed by atoms with Crippen molar-refractivity contribution < 1.29 is 9.59 Å². The van der Waals surface area contributed by atoms with Gasteiger partial charge in [0.2, 0.25) is 5.91 Å². The molecule has 2 amide bonds. The van der Waals surface area contributed by atoms with E-state index in [1.807, 2.05) is 6.07 Å². The summed E-state index contributed by atoms with van der Waals surface area (Å²) in [4.78, 5) is 24.3. The van der Waals surface area contributed by atoms with E-state index in [0.717, 1.165) is 12.8 Å². The molecule has 0 aliphatic heterocycles. The van der Waals surface area contributed by atoms with Crippen LogP contribution >= 0.6 is 12.4 Å². The first kappa shape index (κ1) is 19.5. The Morgan fingerprint density at radius 2 is 1.83 bits per heavy atom. The zero-order valence-electron chi connectivity index (χ0n) is 13.3. The number of halogens is 1. The van der Waals surface area contributed by atoms with Crippen LogP contribution in [0.2, 0.25) is 0 Å². The molecule has 0 unspecified atom stereocenters. The number of anilines is 1. The van der Waals surface area contributed by atoms with Gasteiger partial charge in [0.05, 0.1) is 11.3 Å². The second-order valence-electron chi connectivity index (χ2n) is 5.85. The number of rotatable bonds is 6. The molecular weight excluding hydrogens is 314 g/mol. The smallest absolute Gasteiger partial charge is 0.253 e. The van der Waals surface area contributed by atoms with Crippen molar-refractivity contribution in [2.45, 2.75) is 38.5 Å². The van der Waals surface area contributed by atoms with Crippen LogP contribution in [0, 0.1) is 5.92 Å². The van der Waals surface area contributed by atoms with E-state index in [2.05, 4.69) is 10.6 Å². The van der Waals surface area contributed by atoms with Crippen LogP contribution in [0.25, 0.3) is 0 Å². The number of para-hydroxylation sites is 1. The van der Waals surface area contributed by atoms with Gasteiger partial charge < -0.3 is 16.4 Å². The van der Waals surface area contributed by atoms with Crippen LogP contribution in [0.5, 0.6) is 0 Å². The molecule has 0 atom stereocenters. The van der Waals surface area contributed by atoms with Crippen molar-refractivity contribution in [3.8, 4) is 0 Å². The van der Waals surface area contributed by atoms with Crippen LogP contribution < -0.4 is 16.4 Å². The monoisotopic (exact) mass is 339 g/mol. The van der Waals surface area contributed by atoms with Crippen molar-refractivity contribution in [2.75, 3.05) is 18.4 Å². The van der Waals surface area contributed by atoms with Crippen LogP contribution in [0.1, 0.15) is 48.9 Å². The van der Waals surface area contributed by atoms with Gasteiger partial charge in [0.25, 0.3) is 5.91 Å². The second kappa shape index (κ2) is 10.2. The van der Waals surface area contributed by atoms with Gasteiger partial charge in [-0.05, 0) is 30.9 Å². The first-order valence-electron chi connectivity index (χ1n) is 8.08. The molecule has 5 nitrogen and oxygen atoms in total. The number of amides is 2. The first-order valence-corrected chi connectivity index (χ1v) is 8.08. The van der Waals surface area contributed by atoms with Crippen molar-refractivity contribution in [2.24, 2.45) is 11.7 Å². The number of nitrogens with one attached hydrogen (secondary N) is 2. The normalized spacial score (nSPS) is 14.7. The van der Waals surface area contributed by atoms with Gasteiger partial charge in [-0.15, -0.1) is 12.4 Å². The van der Waals surface area contributed by atoms with Crippen molar-refractivity contribution in [3.05, 3.63) is 29.8 Å². The summed E-state index contributed by atoms with van der Waals surface area (Å²) in [5.41, 5.74) is 6.44. The highest BCUT2D eigenvalue weighted by atomic mass is 35.5. The van der Waals surface area contributed by atoms with Gasteiger partial charge in [-0.25, -0.2) is 0 Å². The number of carbonyl (C=O) groups is 2. The molecule has 0 spiro atoms. The van der Waals surface area contributed by atoms with Gasteiger partial charge in [0.15, 0.2) is 0 Å². The summed E-state index contributed by atoms with van der Waals surface area (Å²) in [5, 5.41) is 5.61.